The molecule has 0 aliphatic carbocycles. The normalized spacial score (nSPS) is 10.6. The molecule has 2 nitrogen and oxygen atoms in total. The zero-order valence-electron chi connectivity index (χ0n) is 8.31. The summed E-state index contributed by atoms with van der Waals surface area (Å²) in [6.45, 7) is 1.87. The lowest BCUT2D eigenvalue weighted by Gasteiger charge is -2.21. The molecule has 0 heterocycles. The Labute approximate surface area is 91.8 Å². The van der Waals surface area contributed by atoms with E-state index in [-0.39, 0.29) is 5.91 Å². The number of unbranched alkanes of at least 4 members (excludes halogenated alkanes) is 1. The number of hydrogen-bond donors (Lipinski definition) is 0. The van der Waals surface area contributed by atoms with Crippen molar-refractivity contribution in [3.05, 3.63) is 0 Å². The van der Waals surface area contributed by atoms with Crippen LogP contribution in [0.2, 0.25) is 0 Å². The van der Waals surface area contributed by atoms with Crippen LogP contribution in [-0.2, 0) is 4.79 Å². The van der Waals surface area contributed by atoms with E-state index in [9.17, 15) is 13.6 Å². The van der Waals surface area contributed by atoms with E-state index in [1.165, 1.54) is 4.90 Å². The largest absolute Gasteiger partial charge is 0.336 e. The maximum Gasteiger partial charge on any atom is 0.255 e. The van der Waals surface area contributed by atoms with E-state index in [2.05, 4.69) is 15.9 Å². The molecule has 0 bridgehead atoms. The lowest BCUT2D eigenvalue weighted by molar-refractivity contribution is -0.132. The highest BCUT2D eigenvalue weighted by molar-refractivity contribution is 9.09. The van der Waals surface area contributed by atoms with Crippen LogP contribution in [0.5, 0.6) is 0 Å². The van der Waals surface area contributed by atoms with Gasteiger partial charge in [0.2, 0.25) is 5.91 Å². The Morgan fingerprint density at radius 1 is 1.50 bits per heavy atom. The predicted molar refractivity (Wildman–Crippen MR) is 55.9 cm³/mol. The van der Waals surface area contributed by atoms with Crippen LogP contribution in [0.4, 0.5) is 8.78 Å². The van der Waals surface area contributed by atoms with Crippen molar-refractivity contribution in [3.63, 3.8) is 0 Å². The summed E-state index contributed by atoms with van der Waals surface area (Å²) in [6.07, 6.45) is -0.403. The highest BCUT2D eigenvalue weighted by Crippen LogP contribution is 2.05. The predicted octanol–water partition coefficient (Wildman–Crippen LogP) is 2.67. The molecule has 0 aromatic carbocycles. The van der Waals surface area contributed by atoms with Crippen molar-refractivity contribution >= 4 is 21.8 Å². The molecule has 0 aromatic heterocycles. The van der Waals surface area contributed by atoms with Crippen molar-refractivity contribution in [2.45, 2.75) is 32.6 Å². The Bertz CT molecular complexity index is 167. The molecular formula is C9H16BrF2NO. The monoisotopic (exact) mass is 271 g/mol. The van der Waals surface area contributed by atoms with Crippen molar-refractivity contribution in [1.29, 1.82) is 0 Å². The number of alkyl halides is 3. The molecule has 0 aliphatic heterocycles. The quantitative estimate of drug-likeness (QED) is 0.652. The Kier molecular flexibility index (Phi) is 8.04. The molecular weight excluding hydrogens is 256 g/mol. The first-order valence-electron chi connectivity index (χ1n) is 4.73. The van der Waals surface area contributed by atoms with Crippen LogP contribution in [0.15, 0.2) is 0 Å². The van der Waals surface area contributed by atoms with Gasteiger partial charge in [-0.05, 0) is 6.42 Å². The minimum atomic E-state index is -2.44. The van der Waals surface area contributed by atoms with Crippen molar-refractivity contribution in [2.24, 2.45) is 0 Å². The van der Waals surface area contributed by atoms with Gasteiger partial charge in [0, 0.05) is 18.3 Å². The molecule has 0 saturated carbocycles. The van der Waals surface area contributed by atoms with E-state index in [4.69, 9.17) is 0 Å². The second kappa shape index (κ2) is 8.15. The molecule has 0 aromatic rings. The molecule has 0 fully saturated rings. The van der Waals surface area contributed by atoms with E-state index in [0.29, 0.717) is 18.3 Å². The van der Waals surface area contributed by atoms with Gasteiger partial charge in [0.25, 0.3) is 6.43 Å². The number of nitrogens with zero attached hydrogens (tertiary/aromatic N) is 1. The number of carbonyl (C=O) groups is 1. The fourth-order valence-electron chi connectivity index (χ4n) is 1.07. The number of amides is 1. The van der Waals surface area contributed by atoms with Crippen LogP contribution in [0.25, 0.3) is 0 Å². The summed E-state index contributed by atoms with van der Waals surface area (Å²) >= 11 is 3.14. The standard InChI is InChI=1S/C9H16BrF2NO/c1-2-3-4-9(14)13(6-5-10)7-8(11)12/h8H,2-7H2,1H3. The second-order valence-electron chi connectivity index (χ2n) is 3.02. The zero-order valence-corrected chi connectivity index (χ0v) is 9.90. The summed E-state index contributed by atoms with van der Waals surface area (Å²) in [7, 11) is 0. The topological polar surface area (TPSA) is 20.3 Å². The molecule has 0 radical (unpaired) electrons. The third-order valence-corrected chi connectivity index (χ3v) is 2.16. The minimum Gasteiger partial charge on any atom is -0.336 e. The van der Waals surface area contributed by atoms with Crippen molar-refractivity contribution in [1.82, 2.24) is 4.90 Å². The first-order chi connectivity index (χ1) is 6.61. The third kappa shape index (κ3) is 6.29. The van der Waals surface area contributed by atoms with Gasteiger partial charge in [0.05, 0.1) is 6.54 Å². The summed E-state index contributed by atoms with van der Waals surface area (Å²) in [4.78, 5) is 12.6. The summed E-state index contributed by atoms with van der Waals surface area (Å²) in [6, 6.07) is 0. The maximum absolute atomic E-state index is 12.1. The van der Waals surface area contributed by atoms with E-state index in [1.807, 2.05) is 6.92 Å². The highest BCUT2D eigenvalue weighted by atomic mass is 79.9. The van der Waals surface area contributed by atoms with Crippen LogP contribution >= 0.6 is 15.9 Å². The molecule has 0 aliphatic rings. The number of carbonyl (C=O) groups excluding carboxylic acids is 1. The van der Waals surface area contributed by atoms with Gasteiger partial charge in [-0.25, -0.2) is 8.78 Å². The van der Waals surface area contributed by atoms with Gasteiger partial charge in [-0.3, -0.25) is 4.79 Å². The lowest BCUT2D eigenvalue weighted by Crippen LogP contribution is -2.36. The Balaban J connectivity index is 3.97. The minimum absolute atomic E-state index is 0.174. The van der Waals surface area contributed by atoms with Gasteiger partial charge in [0.1, 0.15) is 0 Å². The maximum atomic E-state index is 12.1. The molecule has 0 spiro atoms. The van der Waals surface area contributed by atoms with Gasteiger partial charge in [-0.15, -0.1) is 0 Å². The van der Waals surface area contributed by atoms with Crippen LogP contribution in [-0.4, -0.2) is 35.7 Å². The van der Waals surface area contributed by atoms with E-state index < -0.39 is 13.0 Å². The van der Waals surface area contributed by atoms with Gasteiger partial charge in [-0.1, -0.05) is 29.3 Å². The SMILES string of the molecule is CCCCC(=O)N(CCBr)CC(F)F. The molecule has 0 saturated heterocycles. The average Bonchev–Trinajstić information content (AvgIpc) is 2.13. The molecule has 1 amide bonds. The number of hydrogen-bond acceptors (Lipinski definition) is 1. The fraction of sp³-hybridized carbons (Fsp3) is 0.889. The van der Waals surface area contributed by atoms with Crippen LogP contribution in [0, 0.1) is 0 Å². The summed E-state index contributed by atoms with van der Waals surface area (Å²) in [5.41, 5.74) is 0. The molecule has 0 N–H and O–H groups in total. The number of halogens is 3. The van der Waals surface area contributed by atoms with Crippen molar-refractivity contribution < 1.29 is 13.6 Å². The fourth-order valence-corrected chi connectivity index (χ4v) is 1.50. The van der Waals surface area contributed by atoms with Crippen LogP contribution in [0.3, 0.4) is 0 Å². The smallest absolute Gasteiger partial charge is 0.255 e. The Morgan fingerprint density at radius 2 is 2.14 bits per heavy atom. The van der Waals surface area contributed by atoms with Crippen LogP contribution < -0.4 is 0 Å². The highest BCUT2D eigenvalue weighted by Gasteiger charge is 2.16. The van der Waals surface area contributed by atoms with Gasteiger partial charge < -0.3 is 4.90 Å². The van der Waals surface area contributed by atoms with Gasteiger partial charge >= 0.3 is 0 Å². The van der Waals surface area contributed by atoms with Crippen molar-refractivity contribution in [2.75, 3.05) is 18.4 Å². The molecule has 0 unspecified atom stereocenters. The Hall–Kier alpha value is -0.190. The van der Waals surface area contributed by atoms with Gasteiger partial charge in [0.15, 0.2) is 0 Å². The zero-order chi connectivity index (χ0) is 11.0. The lowest BCUT2D eigenvalue weighted by atomic mass is 10.2. The first kappa shape index (κ1) is 13.8. The van der Waals surface area contributed by atoms with E-state index in [0.717, 1.165) is 12.8 Å². The molecule has 84 valence electrons. The Morgan fingerprint density at radius 3 is 2.57 bits per heavy atom. The van der Waals surface area contributed by atoms with Crippen LogP contribution in [0.1, 0.15) is 26.2 Å². The summed E-state index contributed by atoms with van der Waals surface area (Å²) < 4.78 is 24.2. The first-order valence-corrected chi connectivity index (χ1v) is 5.85. The van der Waals surface area contributed by atoms with E-state index >= 15 is 0 Å². The molecule has 14 heavy (non-hydrogen) atoms. The average molecular weight is 272 g/mol. The second-order valence-corrected chi connectivity index (χ2v) is 3.82. The van der Waals surface area contributed by atoms with E-state index in [1.54, 1.807) is 0 Å². The summed E-state index contributed by atoms with van der Waals surface area (Å²) in [5.74, 6) is -0.174. The molecule has 5 heteroatoms. The molecule has 0 atom stereocenters. The number of rotatable bonds is 7. The van der Waals surface area contributed by atoms with Gasteiger partial charge in [-0.2, -0.15) is 0 Å². The van der Waals surface area contributed by atoms with Crippen molar-refractivity contribution in [3.8, 4) is 0 Å². The molecule has 0 rings (SSSR count). The summed E-state index contributed by atoms with van der Waals surface area (Å²) in [5, 5.41) is 0.539. The third-order valence-electron chi connectivity index (χ3n) is 1.81.